The van der Waals surface area contributed by atoms with Crippen LogP contribution in [0.25, 0.3) is 0 Å². The Hall–Kier alpha value is -2.50. The maximum atomic E-state index is 11.0. The van der Waals surface area contributed by atoms with Gasteiger partial charge in [0.05, 0.1) is 17.3 Å². The molecule has 1 N–H and O–H groups in total. The summed E-state index contributed by atoms with van der Waals surface area (Å²) >= 11 is 0. The Morgan fingerprint density at radius 2 is 2.19 bits per heavy atom. The van der Waals surface area contributed by atoms with Gasteiger partial charge in [-0.2, -0.15) is 0 Å². The van der Waals surface area contributed by atoms with Crippen molar-refractivity contribution in [3.8, 4) is 5.75 Å². The van der Waals surface area contributed by atoms with E-state index in [0.29, 0.717) is 6.54 Å². The molecule has 0 atom stereocenters. The molecule has 2 rings (SSSR count). The van der Waals surface area contributed by atoms with Gasteiger partial charge in [-0.05, 0) is 32.0 Å². The molecule has 0 radical (unpaired) electrons. The molecule has 0 bridgehead atoms. The standard InChI is InChI=1S/C15H18N2O4/c1-11(2)21-15-10-12(5-6-14(15)17(18)19)16-8-7-13-4-3-9-20-13/h3-6,9-11,16H,7-8H2,1-2H3. The van der Waals surface area contributed by atoms with Crippen LogP contribution in [0.1, 0.15) is 19.6 Å². The van der Waals surface area contributed by atoms with E-state index in [1.54, 1.807) is 18.4 Å². The normalized spacial score (nSPS) is 10.6. The maximum absolute atomic E-state index is 11.0. The molecule has 0 saturated carbocycles. The van der Waals surface area contributed by atoms with Gasteiger partial charge in [-0.1, -0.05) is 0 Å². The predicted molar refractivity (Wildman–Crippen MR) is 79.8 cm³/mol. The predicted octanol–water partition coefficient (Wildman–Crippen LogP) is 3.63. The van der Waals surface area contributed by atoms with E-state index in [1.807, 2.05) is 26.0 Å². The van der Waals surface area contributed by atoms with Crippen LogP contribution >= 0.6 is 0 Å². The second-order valence-electron chi connectivity index (χ2n) is 4.86. The molecule has 6 nitrogen and oxygen atoms in total. The van der Waals surface area contributed by atoms with Crippen molar-refractivity contribution in [2.75, 3.05) is 11.9 Å². The van der Waals surface area contributed by atoms with Crippen LogP contribution in [0.5, 0.6) is 5.75 Å². The summed E-state index contributed by atoms with van der Waals surface area (Å²) < 4.78 is 10.7. The largest absolute Gasteiger partial charge is 0.484 e. The molecule has 6 heteroatoms. The number of hydrogen-bond acceptors (Lipinski definition) is 5. The second-order valence-corrected chi connectivity index (χ2v) is 4.86. The van der Waals surface area contributed by atoms with Crippen molar-refractivity contribution in [1.82, 2.24) is 0 Å². The van der Waals surface area contributed by atoms with Crippen LogP contribution in [0.15, 0.2) is 41.0 Å². The van der Waals surface area contributed by atoms with Crippen LogP contribution in [-0.4, -0.2) is 17.6 Å². The molecule has 21 heavy (non-hydrogen) atoms. The molecule has 0 aliphatic heterocycles. The number of nitrogens with one attached hydrogen (secondary N) is 1. The van der Waals surface area contributed by atoms with Gasteiger partial charge in [-0.3, -0.25) is 10.1 Å². The molecule has 0 fully saturated rings. The number of nitrogens with zero attached hydrogens (tertiary/aromatic N) is 1. The lowest BCUT2D eigenvalue weighted by atomic mass is 10.2. The SMILES string of the molecule is CC(C)Oc1cc(NCCc2ccco2)ccc1[N+](=O)[O-]. The van der Waals surface area contributed by atoms with E-state index >= 15 is 0 Å². The molecule has 112 valence electrons. The molecule has 2 aromatic rings. The summed E-state index contributed by atoms with van der Waals surface area (Å²) in [5.74, 6) is 1.17. The molecule has 0 aliphatic rings. The topological polar surface area (TPSA) is 77.5 Å². The van der Waals surface area contributed by atoms with Gasteiger partial charge < -0.3 is 14.5 Å². The number of ether oxygens (including phenoxy) is 1. The van der Waals surface area contributed by atoms with Gasteiger partial charge in [-0.25, -0.2) is 0 Å². The van der Waals surface area contributed by atoms with Gasteiger partial charge in [0.1, 0.15) is 5.76 Å². The van der Waals surface area contributed by atoms with E-state index in [2.05, 4.69) is 5.32 Å². The number of benzene rings is 1. The smallest absolute Gasteiger partial charge is 0.311 e. The lowest BCUT2D eigenvalue weighted by Gasteiger charge is -2.12. The summed E-state index contributed by atoms with van der Waals surface area (Å²) in [6.07, 6.45) is 2.25. The zero-order chi connectivity index (χ0) is 15.2. The van der Waals surface area contributed by atoms with E-state index < -0.39 is 4.92 Å². The summed E-state index contributed by atoms with van der Waals surface area (Å²) in [6, 6.07) is 8.53. The van der Waals surface area contributed by atoms with Crippen LogP contribution in [0.2, 0.25) is 0 Å². The number of furan rings is 1. The third-order valence-electron chi connectivity index (χ3n) is 2.80. The molecule has 1 heterocycles. The fraction of sp³-hybridized carbons (Fsp3) is 0.333. The lowest BCUT2D eigenvalue weighted by Crippen LogP contribution is -2.09. The zero-order valence-electron chi connectivity index (χ0n) is 12.0. The van der Waals surface area contributed by atoms with Crippen molar-refractivity contribution in [2.24, 2.45) is 0 Å². The van der Waals surface area contributed by atoms with E-state index in [0.717, 1.165) is 17.9 Å². The van der Waals surface area contributed by atoms with Crippen molar-refractivity contribution in [3.05, 3.63) is 52.5 Å². The maximum Gasteiger partial charge on any atom is 0.311 e. The number of nitro benzene ring substituents is 1. The summed E-state index contributed by atoms with van der Waals surface area (Å²) in [5, 5.41) is 14.2. The van der Waals surface area contributed by atoms with Gasteiger partial charge >= 0.3 is 5.69 Å². The summed E-state index contributed by atoms with van der Waals surface area (Å²) in [5.41, 5.74) is 0.753. The Bertz CT molecular complexity index is 594. The monoisotopic (exact) mass is 290 g/mol. The summed E-state index contributed by atoms with van der Waals surface area (Å²) in [4.78, 5) is 10.5. The quantitative estimate of drug-likeness (QED) is 0.622. The Kier molecular flexibility index (Phi) is 4.81. The van der Waals surface area contributed by atoms with Crippen LogP contribution in [-0.2, 0) is 6.42 Å². The van der Waals surface area contributed by atoms with Gasteiger partial charge in [0.25, 0.3) is 0 Å². The molecule has 0 saturated heterocycles. The third-order valence-corrected chi connectivity index (χ3v) is 2.80. The average molecular weight is 290 g/mol. The second kappa shape index (κ2) is 6.78. The van der Waals surface area contributed by atoms with Crippen molar-refractivity contribution in [3.63, 3.8) is 0 Å². The van der Waals surface area contributed by atoms with Crippen molar-refractivity contribution in [1.29, 1.82) is 0 Å². The highest BCUT2D eigenvalue weighted by Crippen LogP contribution is 2.30. The highest BCUT2D eigenvalue weighted by atomic mass is 16.6. The number of anilines is 1. The third kappa shape index (κ3) is 4.24. The van der Waals surface area contributed by atoms with Crippen LogP contribution in [0.4, 0.5) is 11.4 Å². The molecule has 0 amide bonds. The minimum Gasteiger partial charge on any atom is -0.484 e. The fourth-order valence-electron chi connectivity index (χ4n) is 1.91. The first-order chi connectivity index (χ1) is 10.1. The Labute approximate surface area is 122 Å². The molecular weight excluding hydrogens is 272 g/mol. The minimum absolute atomic E-state index is 0.0275. The van der Waals surface area contributed by atoms with Crippen LogP contribution < -0.4 is 10.1 Å². The van der Waals surface area contributed by atoms with Crippen LogP contribution in [0.3, 0.4) is 0 Å². The first-order valence-corrected chi connectivity index (χ1v) is 6.77. The molecule has 0 unspecified atom stereocenters. The van der Waals surface area contributed by atoms with Crippen molar-refractivity contribution < 1.29 is 14.1 Å². The van der Waals surface area contributed by atoms with E-state index in [4.69, 9.17) is 9.15 Å². The number of nitro groups is 1. The van der Waals surface area contributed by atoms with E-state index in [1.165, 1.54) is 6.07 Å². The van der Waals surface area contributed by atoms with E-state index in [-0.39, 0.29) is 17.5 Å². The zero-order valence-corrected chi connectivity index (χ0v) is 12.0. The Balaban J connectivity index is 2.04. The Morgan fingerprint density at radius 1 is 1.38 bits per heavy atom. The van der Waals surface area contributed by atoms with Crippen LogP contribution in [0, 0.1) is 10.1 Å². The molecule has 1 aromatic carbocycles. The average Bonchev–Trinajstić information content (AvgIpc) is 2.91. The van der Waals surface area contributed by atoms with Gasteiger partial charge in [-0.15, -0.1) is 0 Å². The molecule has 1 aromatic heterocycles. The summed E-state index contributed by atoms with van der Waals surface area (Å²) in [7, 11) is 0. The number of hydrogen-bond donors (Lipinski definition) is 1. The lowest BCUT2D eigenvalue weighted by molar-refractivity contribution is -0.386. The van der Waals surface area contributed by atoms with Gasteiger partial charge in [0, 0.05) is 30.8 Å². The highest BCUT2D eigenvalue weighted by Gasteiger charge is 2.16. The molecule has 0 aliphatic carbocycles. The van der Waals surface area contributed by atoms with Crippen molar-refractivity contribution >= 4 is 11.4 Å². The number of rotatable bonds is 7. The van der Waals surface area contributed by atoms with E-state index in [9.17, 15) is 10.1 Å². The van der Waals surface area contributed by atoms with Crippen molar-refractivity contribution in [2.45, 2.75) is 26.4 Å². The Morgan fingerprint density at radius 3 is 2.81 bits per heavy atom. The molecular formula is C15H18N2O4. The van der Waals surface area contributed by atoms with Gasteiger partial charge in [0.2, 0.25) is 0 Å². The molecule has 0 spiro atoms. The first-order valence-electron chi connectivity index (χ1n) is 6.77. The fourth-order valence-corrected chi connectivity index (χ4v) is 1.91. The first kappa shape index (κ1) is 14.9. The highest BCUT2D eigenvalue weighted by molar-refractivity contribution is 5.58. The van der Waals surface area contributed by atoms with Gasteiger partial charge in [0.15, 0.2) is 5.75 Å². The summed E-state index contributed by atoms with van der Waals surface area (Å²) in [6.45, 7) is 4.34. The minimum atomic E-state index is -0.440.